The van der Waals surface area contributed by atoms with Crippen LogP contribution in [0, 0.1) is 0 Å². The van der Waals surface area contributed by atoms with Crippen LogP contribution in [0.1, 0.15) is 0 Å². The molecule has 8 heteroatoms. The molecule has 3 N–H and O–H groups in total. The van der Waals surface area contributed by atoms with E-state index in [1.54, 1.807) is 30.6 Å². The fourth-order valence-electron chi connectivity index (χ4n) is 1.21. The first-order valence-electron chi connectivity index (χ1n) is 4.32. The van der Waals surface area contributed by atoms with Crippen molar-refractivity contribution in [3.8, 4) is 5.82 Å². The van der Waals surface area contributed by atoms with Gasteiger partial charge in [0, 0.05) is 18.6 Å². The number of hydrogen-bond acceptors (Lipinski definition) is 4. The van der Waals surface area contributed by atoms with E-state index >= 15 is 0 Å². The van der Waals surface area contributed by atoms with Crippen molar-refractivity contribution in [1.82, 2.24) is 14.8 Å². The van der Waals surface area contributed by atoms with Gasteiger partial charge in [0.25, 0.3) is 10.2 Å². The van der Waals surface area contributed by atoms with Crippen molar-refractivity contribution >= 4 is 15.9 Å². The van der Waals surface area contributed by atoms with Gasteiger partial charge in [0.15, 0.2) is 5.82 Å². The SMILES string of the molecule is NS(=O)(=O)Nc1cccnc1-n1cccn1. The fraction of sp³-hybridized carbons (Fsp3) is 0. The van der Waals surface area contributed by atoms with Crippen molar-refractivity contribution in [2.75, 3.05) is 4.72 Å². The molecule has 0 bridgehead atoms. The highest BCUT2D eigenvalue weighted by Crippen LogP contribution is 2.16. The number of anilines is 1. The summed E-state index contributed by atoms with van der Waals surface area (Å²) < 4.78 is 25.5. The molecule has 84 valence electrons. The second kappa shape index (κ2) is 3.91. The van der Waals surface area contributed by atoms with Crippen LogP contribution < -0.4 is 9.86 Å². The zero-order chi connectivity index (χ0) is 11.6. The molecule has 2 aromatic heterocycles. The lowest BCUT2D eigenvalue weighted by atomic mass is 10.4. The summed E-state index contributed by atoms with van der Waals surface area (Å²) in [7, 11) is -3.82. The van der Waals surface area contributed by atoms with Gasteiger partial charge >= 0.3 is 0 Å². The standard InChI is InChI=1S/C8H9N5O2S/c9-16(14,15)12-7-3-1-4-10-8(7)13-6-2-5-11-13/h1-6,12H,(H2,9,14,15). The Balaban J connectivity index is 2.47. The quantitative estimate of drug-likeness (QED) is 0.779. The lowest BCUT2D eigenvalue weighted by Crippen LogP contribution is -2.23. The van der Waals surface area contributed by atoms with E-state index in [1.807, 2.05) is 0 Å². The molecule has 7 nitrogen and oxygen atoms in total. The first-order chi connectivity index (χ1) is 7.56. The van der Waals surface area contributed by atoms with Crippen molar-refractivity contribution in [2.45, 2.75) is 0 Å². The smallest absolute Gasteiger partial charge is 0.267 e. The number of nitrogens with one attached hydrogen (secondary N) is 1. The van der Waals surface area contributed by atoms with Crippen LogP contribution in [0.3, 0.4) is 0 Å². The van der Waals surface area contributed by atoms with Crippen LogP contribution in [-0.2, 0) is 10.2 Å². The van der Waals surface area contributed by atoms with E-state index in [1.165, 1.54) is 10.9 Å². The molecule has 16 heavy (non-hydrogen) atoms. The molecule has 0 aliphatic rings. The predicted molar refractivity (Wildman–Crippen MR) is 58.1 cm³/mol. The van der Waals surface area contributed by atoms with Crippen LogP contribution in [0.25, 0.3) is 5.82 Å². The summed E-state index contributed by atoms with van der Waals surface area (Å²) in [5.74, 6) is 0.363. The van der Waals surface area contributed by atoms with Gasteiger partial charge in [0.05, 0.1) is 5.69 Å². The third-order valence-corrected chi connectivity index (χ3v) is 2.26. The molecule has 0 aromatic carbocycles. The number of rotatable bonds is 3. The van der Waals surface area contributed by atoms with Crippen LogP contribution in [0.2, 0.25) is 0 Å². The minimum atomic E-state index is -3.82. The number of aromatic nitrogens is 3. The summed E-state index contributed by atoms with van der Waals surface area (Å²) in [5, 5.41) is 8.85. The van der Waals surface area contributed by atoms with Gasteiger partial charge < -0.3 is 0 Å². The third-order valence-electron chi connectivity index (χ3n) is 1.76. The molecular weight excluding hydrogens is 230 g/mol. The van der Waals surface area contributed by atoms with Crippen molar-refractivity contribution < 1.29 is 8.42 Å². The zero-order valence-corrected chi connectivity index (χ0v) is 8.92. The van der Waals surface area contributed by atoms with Gasteiger partial charge in [-0.05, 0) is 18.2 Å². The maximum absolute atomic E-state index is 10.9. The fourth-order valence-corrected chi connectivity index (χ4v) is 1.67. The van der Waals surface area contributed by atoms with Crippen molar-refractivity contribution in [3.63, 3.8) is 0 Å². The Morgan fingerprint density at radius 2 is 2.12 bits per heavy atom. The maximum atomic E-state index is 10.9. The Kier molecular flexibility index (Phi) is 2.59. The van der Waals surface area contributed by atoms with E-state index in [4.69, 9.17) is 5.14 Å². The average molecular weight is 239 g/mol. The topological polar surface area (TPSA) is 103 Å². The van der Waals surface area contributed by atoms with Gasteiger partial charge in [-0.15, -0.1) is 0 Å². The van der Waals surface area contributed by atoms with E-state index < -0.39 is 10.2 Å². The molecule has 2 heterocycles. The summed E-state index contributed by atoms with van der Waals surface area (Å²) in [5.41, 5.74) is 0.272. The highest BCUT2D eigenvalue weighted by Gasteiger charge is 2.09. The first kappa shape index (κ1) is 10.6. The van der Waals surface area contributed by atoms with Gasteiger partial charge in [-0.3, -0.25) is 4.72 Å². The van der Waals surface area contributed by atoms with Gasteiger partial charge in [-0.2, -0.15) is 13.5 Å². The molecule has 0 fully saturated rings. The molecule has 0 unspecified atom stereocenters. The Bertz CT molecular complexity index is 578. The van der Waals surface area contributed by atoms with Crippen molar-refractivity contribution in [2.24, 2.45) is 5.14 Å². The molecule has 0 spiro atoms. The summed E-state index contributed by atoms with van der Waals surface area (Å²) in [6.07, 6.45) is 4.75. The maximum Gasteiger partial charge on any atom is 0.296 e. The Labute approximate surface area is 92.1 Å². The lowest BCUT2D eigenvalue weighted by molar-refractivity contribution is 0.603. The number of hydrogen-bond donors (Lipinski definition) is 2. The highest BCUT2D eigenvalue weighted by atomic mass is 32.2. The van der Waals surface area contributed by atoms with Gasteiger partial charge in [-0.1, -0.05) is 0 Å². The molecule has 0 radical (unpaired) electrons. The van der Waals surface area contributed by atoms with Crippen LogP contribution in [0.15, 0.2) is 36.8 Å². The predicted octanol–water partition coefficient (Wildman–Crippen LogP) is -0.117. The molecule has 0 atom stereocenters. The summed E-state index contributed by atoms with van der Waals surface area (Å²) in [6, 6.07) is 4.85. The summed E-state index contributed by atoms with van der Waals surface area (Å²) in [4.78, 5) is 4.02. The second-order valence-corrected chi connectivity index (χ2v) is 4.27. The normalized spacial score (nSPS) is 11.3. The van der Waals surface area contributed by atoms with Gasteiger partial charge in [-0.25, -0.2) is 14.8 Å². The Hall–Kier alpha value is -1.93. The van der Waals surface area contributed by atoms with E-state index in [0.29, 0.717) is 5.82 Å². The van der Waals surface area contributed by atoms with Crippen LogP contribution in [0.5, 0.6) is 0 Å². The number of nitrogens with two attached hydrogens (primary N) is 1. The monoisotopic (exact) mass is 239 g/mol. The molecule has 2 aromatic rings. The number of nitrogens with zero attached hydrogens (tertiary/aromatic N) is 3. The lowest BCUT2D eigenvalue weighted by Gasteiger charge is -2.08. The minimum Gasteiger partial charge on any atom is -0.267 e. The van der Waals surface area contributed by atoms with Crippen molar-refractivity contribution in [1.29, 1.82) is 0 Å². The second-order valence-electron chi connectivity index (χ2n) is 2.97. The molecular formula is C8H9N5O2S. The highest BCUT2D eigenvalue weighted by molar-refractivity contribution is 7.90. The van der Waals surface area contributed by atoms with E-state index in [2.05, 4.69) is 14.8 Å². The first-order valence-corrected chi connectivity index (χ1v) is 5.86. The largest absolute Gasteiger partial charge is 0.296 e. The molecule has 2 rings (SSSR count). The third kappa shape index (κ3) is 2.35. The van der Waals surface area contributed by atoms with E-state index in [-0.39, 0.29) is 5.69 Å². The Morgan fingerprint density at radius 1 is 1.31 bits per heavy atom. The average Bonchev–Trinajstić information content (AvgIpc) is 2.69. The van der Waals surface area contributed by atoms with Crippen molar-refractivity contribution in [3.05, 3.63) is 36.8 Å². The molecule has 0 aliphatic heterocycles. The number of pyridine rings is 1. The van der Waals surface area contributed by atoms with Crippen LogP contribution >= 0.6 is 0 Å². The molecule has 0 saturated carbocycles. The minimum absolute atomic E-state index is 0.272. The molecule has 0 aliphatic carbocycles. The zero-order valence-electron chi connectivity index (χ0n) is 8.11. The van der Waals surface area contributed by atoms with E-state index in [0.717, 1.165) is 0 Å². The van der Waals surface area contributed by atoms with Crippen LogP contribution in [0.4, 0.5) is 5.69 Å². The Morgan fingerprint density at radius 3 is 2.75 bits per heavy atom. The van der Waals surface area contributed by atoms with Crippen LogP contribution in [-0.4, -0.2) is 23.2 Å². The summed E-state index contributed by atoms with van der Waals surface area (Å²) >= 11 is 0. The molecule has 0 amide bonds. The van der Waals surface area contributed by atoms with E-state index in [9.17, 15) is 8.42 Å². The van der Waals surface area contributed by atoms with Gasteiger partial charge in [0.1, 0.15) is 0 Å². The van der Waals surface area contributed by atoms with Gasteiger partial charge in [0.2, 0.25) is 0 Å². The summed E-state index contributed by atoms with van der Waals surface area (Å²) in [6.45, 7) is 0. The molecule has 0 saturated heterocycles.